The maximum absolute atomic E-state index is 12.5. The van der Waals surface area contributed by atoms with Crippen molar-refractivity contribution in [2.24, 2.45) is 5.73 Å². The van der Waals surface area contributed by atoms with E-state index in [1.165, 1.54) is 12.1 Å². The van der Waals surface area contributed by atoms with E-state index < -0.39 is 55.2 Å². The molecule has 0 aliphatic carbocycles. The molecule has 13 nitrogen and oxygen atoms in total. The molecule has 1 atom stereocenters. The minimum absolute atomic E-state index is 0.174. The number of carbonyl (C=O) groups excluding carboxylic acids is 3. The van der Waals surface area contributed by atoms with Crippen molar-refractivity contribution in [1.29, 1.82) is 0 Å². The predicted molar refractivity (Wildman–Crippen MR) is 115 cm³/mol. The van der Waals surface area contributed by atoms with Gasteiger partial charge in [0.1, 0.15) is 6.04 Å². The Morgan fingerprint density at radius 2 is 1.91 bits per heavy atom. The van der Waals surface area contributed by atoms with E-state index in [9.17, 15) is 39.6 Å². The minimum Gasteiger partial charge on any atom is -0.423 e. The van der Waals surface area contributed by atoms with Gasteiger partial charge in [0.2, 0.25) is 5.91 Å². The number of nitrogens with two attached hydrogens (primary N) is 1. The van der Waals surface area contributed by atoms with Gasteiger partial charge in [-0.15, -0.1) is 0 Å². The number of hydrogen-bond donors (Lipinski definition) is 6. The van der Waals surface area contributed by atoms with Crippen molar-refractivity contribution in [3.05, 3.63) is 63.2 Å². The molecule has 0 fully saturated rings. The molecule has 1 unspecified atom stereocenters. The number of carbonyl (C=O) groups is 3. The highest BCUT2D eigenvalue weighted by Crippen LogP contribution is 2.13. The van der Waals surface area contributed by atoms with Crippen LogP contribution in [0.15, 0.2) is 36.4 Å². The molecule has 0 saturated heterocycles. The van der Waals surface area contributed by atoms with Crippen molar-refractivity contribution >= 4 is 48.6 Å². The normalized spacial score (nSPS) is 13.1. The molecule has 170 valence electrons. The molecule has 2 aromatic rings. The van der Waals surface area contributed by atoms with Gasteiger partial charge in [0, 0.05) is 29.8 Å². The molecule has 3 rings (SSSR count). The fraction of sp³-hybridized carbons (Fsp3) is 0.167. The fourth-order valence-electron chi connectivity index (χ4n) is 3.14. The highest BCUT2D eigenvalue weighted by molar-refractivity contribution is 6.61. The van der Waals surface area contributed by atoms with Crippen molar-refractivity contribution < 1.29 is 39.0 Å². The summed E-state index contributed by atoms with van der Waals surface area (Å²) in [5, 5.41) is 44.1. The zero-order valence-corrected chi connectivity index (χ0v) is 16.9. The first kappa shape index (κ1) is 23.9. The van der Waals surface area contributed by atoms with Crippen molar-refractivity contribution in [1.82, 2.24) is 10.6 Å². The number of nitrogens with one attached hydrogen (secondary N) is 2. The number of rotatable bonds is 8. The summed E-state index contributed by atoms with van der Waals surface area (Å²) in [6.45, 7) is -0.193. The molecule has 1 aliphatic rings. The summed E-state index contributed by atoms with van der Waals surface area (Å²) in [4.78, 5) is 47.0. The average Bonchev–Trinajstić information content (AvgIpc) is 3.15. The Hall–Kier alpha value is -3.78. The van der Waals surface area contributed by atoms with E-state index in [1.807, 2.05) is 0 Å². The molecular formula is C18H18B2N4O9. The second kappa shape index (κ2) is 9.79. The molecule has 0 aromatic heterocycles. The molecule has 2 aromatic carbocycles. The number of nitro benzene ring substituents is 1. The summed E-state index contributed by atoms with van der Waals surface area (Å²) in [7, 11) is -3.22. The van der Waals surface area contributed by atoms with Crippen LogP contribution < -0.4 is 27.3 Å². The van der Waals surface area contributed by atoms with Crippen LogP contribution in [0.4, 0.5) is 5.69 Å². The Morgan fingerprint density at radius 3 is 2.55 bits per heavy atom. The third kappa shape index (κ3) is 5.53. The van der Waals surface area contributed by atoms with E-state index >= 15 is 0 Å². The summed E-state index contributed by atoms with van der Waals surface area (Å²) in [5.74, 6) is -2.57. The maximum atomic E-state index is 12.5. The fourth-order valence-corrected chi connectivity index (χ4v) is 3.14. The molecule has 15 heteroatoms. The molecule has 1 heterocycles. The smallest absolute Gasteiger partial charge is 0.423 e. The van der Waals surface area contributed by atoms with Crippen LogP contribution in [0, 0.1) is 10.1 Å². The number of hydrogen-bond acceptors (Lipinski definition) is 9. The summed E-state index contributed by atoms with van der Waals surface area (Å²) >= 11 is 0. The first-order valence-electron chi connectivity index (χ1n) is 9.53. The molecule has 0 radical (unpaired) electrons. The first-order chi connectivity index (χ1) is 15.6. The lowest BCUT2D eigenvalue weighted by Gasteiger charge is -2.17. The minimum atomic E-state index is -2.07. The van der Waals surface area contributed by atoms with Crippen LogP contribution in [-0.4, -0.2) is 64.5 Å². The quantitative estimate of drug-likeness (QED) is 0.132. The van der Waals surface area contributed by atoms with Gasteiger partial charge in [0.05, 0.1) is 11.5 Å². The van der Waals surface area contributed by atoms with E-state index in [2.05, 4.69) is 10.6 Å². The van der Waals surface area contributed by atoms with Crippen molar-refractivity contribution in [2.45, 2.75) is 12.6 Å². The van der Waals surface area contributed by atoms with Crippen LogP contribution in [0.2, 0.25) is 0 Å². The third-order valence-electron chi connectivity index (χ3n) is 4.90. The van der Waals surface area contributed by atoms with Crippen LogP contribution >= 0.6 is 0 Å². The lowest BCUT2D eigenvalue weighted by atomic mass is 9.79. The largest absolute Gasteiger partial charge is 0.491 e. The van der Waals surface area contributed by atoms with E-state index in [0.29, 0.717) is 5.46 Å². The molecule has 0 saturated carbocycles. The van der Waals surface area contributed by atoms with Crippen molar-refractivity contribution in [3.8, 4) is 0 Å². The average molecular weight is 456 g/mol. The summed E-state index contributed by atoms with van der Waals surface area (Å²) in [6.07, 6.45) is 0. The van der Waals surface area contributed by atoms with Gasteiger partial charge in [-0.05, 0) is 34.7 Å². The molecule has 3 amide bonds. The number of amides is 3. The van der Waals surface area contributed by atoms with Gasteiger partial charge in [-0.3, -0.25) is 24.5 Å². The Morgan fingerprint density at radius 1 is 1.18 bits per heavy atom. The molecule has 0 bridgehead atoms. The number of non-ortho nitro benzene ring substituents is 1. The zero-order valence-electron chi connectivity index (χ0n) is 16.9. The van der Waals surface area contributed by atoms with Gasteiger partial charge < -0.3 is 36.1 Å². The van der Waals surface area contributed by atoms with E-state index in [-0.39, 0.29) is 23.2 Å². The summed E-state index contributed by atoms with van der Waals surface area (Å²) < 4.78 is 5.06. The number of benzene rings is 2. The second-order valence-electron chi connectivity index (χ2n) is 7.16. The molecule has 1 aliphatic heterocycles. The van der Waals surface area contributed by atoms with E-state index in [4.69, 9.17) is 10.4 Å². The van der Waals surface area contributed by atoms with E-state index in [1.54, 1.807) is 6.07 Å². The van der Waals surface area contributed by atoms with Crippen molar-refractivity contribution in [3.63, 3.8) is 0 Å². The Bertz CT molecular complexity index is 1130. The highest BCUT2D eigenvalue weighted by atomic mass is 16.6. The molecule has 0 spiro atoms. The monoisotopic (exact) mass is 456 g/mol. The zero-order chi connectivity index (χ0) is 24.3. The number of fused-ring (bicyclic) bond motifs is 1. The maximum Gasteiger partial charge on any atom is 0.491 e. The van der Waals surface area contributed by atoms with Gasteiger partial charge in [0.15, 0.2) is 0 Å². The summed E-state index contributed by atoms with van der Waals surface area (Å²) in [5.41, 5.74) is 5.44. The number of nitro groups is 1. The van der Waals surface area contributed by atoms with Gasteiger partial charge in [-0.25, -0.2) is 0 Å². The molecular weight excluding hydrogens is 438 g/mol. The SMILES string of the molecule is NC(=O)C(CNC(=O)c1ccc2c(c1)B(O)OC2)NC(=O)c1cc(B(O)O)cc([N+](=O)[O-])c1. The van der Waals surface area contributed by atoms with Crippen LogP contribution in [-0.2, 0) is 16.1 Å². The highest BCUT2D eigenvalue weighted by Gasteiger charge is 2.28. The third-order valence-corrected chi connectivity index (χ3v) is 4.90. The lowest BCUT2D eigenvalue weighted by molar-refractivity contribution is -0.384. The standard InChI is InChI=1S/C18H18B2N4O9/c21-16(25)15(7-22-17(26)9-1-2-10-8-33-20(30)14(10)5-9)23-18(27)11-3-12(19(28)29)6-13(4-11)24(31)32/h1-6,15,28-30H,7-8H2,(H2,21,25)(H,22,26)(H,23,27). The molecule has 7 N–H and O–H groups in total. The van der Waals surface area contributed by atoms with Gasteiger partial charge in [-0.1, -0.05) is 6.07 Å². The second-order valence-corrected chi connectivity index (χ2v) is 7.16. The van der Waals surface area contributed by atoms with Crippen molar-refractivity contribution in [2.75, 3.05) is 6.54 Å². The Kier molecular flexibility index (Phi) is 7.08. The van der Waals surface area contributed by atoms with Gasteiger partial charge >= 0.3 is 14.2 Å². The number of nitrogens with zero attached hydrogens (tertiary/aromatic N) is 1. The Balaban J connectivity index is 1.71. The van der Waals surface area contributed by atoms with Gasteiger partial charge in [0.25, 0.3) is 17.5 Å². The number of primary amides is 1. The van der Waals surface area contributed by atoms with Crippen LogP contribution in [0.1, 0.15) is 26.3 Å². The Labute approximate surface area is 187 Å². The summed E-state index contributed by atoms with van der Waals surface area (Å²) in [6, 6.07) is 5.93. The van der Waals surface area contributed by atoms with Crippen LogP contribution in [0.5, 0.6) is 0 Å². The molecule has 33 heavy (non-hydrogen) atoms. The van der Waals surface area contributed by atoms with Gasteiger partial charge in [-0.2, -0.15) is 0 Å². The topological polar surface area (TPSA) is 214 Å². The van der Waals surface area contributed by atoms with E-state index in [0.717, 1.165) is 23.8 Å². The first-order valence-corrected chi connectivity index (χ1v) is 9.53. The van der Waals surface area contributed by atoms with Crippen LogP contribution in [0.3, 0.4) is 0 Å². The van der Waals surface area contributed by atoms with Crippen LogP contribution in [0.25, 0.3) is 0 Å². The lowest BCUT2D eigenvalue weighted by Crippen LogP contribution is -2.51. The predicted octanol–water partition coefficient (Wildman–Crippen LogP) is -3.49.